The Morgan fingerprint density at radius 2 is 1.71 bits per heavy atom. The molecular weight excluding hydrogens is 440 g/mol. The Hall–Kier alpha value is -1.75. The van der Waals surface area contributed by atoms with Crippen molar-refractivity contribution in [2.24, 2.45) is 39.4 Å². The zero-order valence-corrected chi connectivity index (χ0v) is 22.7. The van der Waals surface area contributed by atoms with E-state index in [1.807, 2.05) is 0 Å². The minimum Gasteiger partial charge on any atom is -0.478 e. The molecule has 0 bridgehead atoms. The number of ketones is 2. The summed E-state index contributed by atoms with van der Waals surface area (Å²) >= 11 is 0. The molecule has 5 heteroatoms. The zero-order chi connectivity index (χ0) is 26.1. The molecule has 0 amide bonds. The Bertz CT molecular complexity index is 1020. The maximum atomic E-state index is 14.0. The van der Waals surface area contributed by atoms with Gasteiger partial charge < -0.3 is 10.2 Å². The fourth-order valence-corrected chi connectivity index (χ4v) is 8.96. The second kappa shape index (κ2) is 8.39. The summed E-state index contributed by atoms with van der Waals surface area (Å²) in [6.45, 7) is 14.6. The van der Waals surface area contributed by atoms with Crippen molar-refractivity contribution in [3.8, 4) is 0 Å². The van der Waals surface area contributed by atoms with E-state index in [1.54, 1.807) is 13.0 Å². The number of carbonyl (C=O) groups is 3. The number of carboxylic acid groups (broad SMARTS) is 1. The molecule has 4 rings (SSSR count). The maximum absolute atomic E-state index is 14.0. The van der Waals surface area contributed by atoms with Crippen LogP contribution >= 0.6 is 0 Å². The Morgan fingerprint density at radius 3 is 2.34 bits per heavy atom. The first-order chi connectivity index (χ1) is 16.1. The van der Waals surface area contributed by atoms with Crippen LogP contribution in [0.1, 0.15) is 99.8 Å². The van der Waals surface area contributed by atoms with Crippen molar-refractivity contribution in [3.05, 3.63) is 22.8 Å². The lowest BCUT2D eigenvalue weighted by molar-refractivity contribution is -0.141. The third kappa shape index (κ3) is 3.62. The normalized spacial score (nSPS) is 41.8. The van der Waals surface area contributed by atoms with Crippen LogP contribution in [0, 0.1) is 39.4 Å². The molecule has 0 radical (unpaired) electrons. The van der Waals surface area contributed by atoms with Gasteiger partial charge in [-0.2, -0.15) is 0 Å². The summed E-state index contributed by atoms with van der Waals surface area (Å²) in [7, 11) is 0. The Balaban J connectivity index is 1.71. The quantitative estimate of drug-likeness (QED) is 0.474. The Morgan fingerprint density at radius 1 is 1.06 bits per heavy atom. The molecule has 0 saturated heterocycles. The van der Waals surface area contributed by atoms with Crippen LogP contribution in [0.2, 0.25) is 0 Å². The van der Waals surface area contributed by atoms with Gasteiger partial charge >= 0.3 is 5.97 Å². The number of aliphatic carboxylic acids is 1. The summed E-state index contributed by atoms with van der Waals surface area (Å²) in [5.74, 6) is 0.0132. The molecule has 0 unspecified atom stereocenters. The summed E-state index contributed by atoms with van der Waals surface area (Å²) in [5.41, 5.74) is 0.612. The van der Waals surface area contributed by atoms with E-state index in [9.17, 15) is 19.5 Å². The smallest absolute Gasteiger partial charge is 0.330 e. The third-order valence-electron chi connectivity index (χ3n) is 11.4. The molecule has 0 heterocycles. The number of hydrogen-bond donors (Lipinski definition) is 2. The van der Waals surface area contributed by atoms with Crippen molar-refractivity contribution in [3.63, 3.8) is 0 Å². The van der Waals surface area contributed by atoms with E-state index in [1.165, 1.54) is 0 Å². The number of Topliss-reactive ketones (excluding diaryl/α,β-unsaturated/α-hetero) is 2. The topological polar surface area (TPSA) is 91.7 Å². The van der Waals surface area contributed by atoms with E-state index < -0.39 is 17.5 Å². The van der Waals surface area contributed by atoms with Gasteiger partial charge in [0.05, 0.1) is 6.10 Å². The molecule has 2 saturated carbocycles. The fraction of sp³-hybridized carbons (Fsp3) is 0.767. The predicted octanol–water partition coefficient (Wildman–Crippen LogP) is 5.90. The molecule has 0 aromatic rings. The summed E-state index contributed by atoms with van der Waals surface area (Å²) in [6.07, 6.45) is 7.12. The number of fused-ring (bicyclic) bond motifs is 4. The lowest BCUT2D eigenvalue weighted by Crippen LogP contribution is -2.59. The highest BCUT2D eigenvalue weighted by Crippen LogP contribution is 2.71. The standard InChI is InChI=1S/C30H44O5/c1-17(9-8-10-18(2)26(34)35)19-11-14-29(6)25-20(31)15-22-27(3,4)23(33)12-13-28(22,5)24(25)21(32)16-30(19,29)7/h10,17,19,22-23,33H,8-9,11-16H2,1-7H3,(H,34,35)/b18-10-/t17-,19-,22-,23+,28-,29+,30-/m0/s1. The molecule has 7 atom stereocenters. The number of carbonyl (C=O) groups excluding carboxylic acids is 2. The summed E-state index contributed by atoms with van der Waals surface area (Å²) < 4.78 is 0. The molecule has 2 fully saturated rings. The predicted molar refractivity (Wildman–Crippen MR) is 136 cm³/mol. The second-order valence-corrected chi connectivity index (χ2v) is 13.5. The average molecular weight is 485 g/mol. The maximum Gasteiger partial charge on any atom is 0.330 e. The van der Waals surface area contributed by atoms with Gasteiger partial charge in [0.1, 0.15) is 0 Å². The molecule has 0 spiro atoms. The number of rotatable bonds is 5. The van der Waals surface area contributed by atoms with E-state index in [0.29, 0.717) is 43.1 Å². The van der Waals surface area contributed by atoms with Crippen molar-refractivity contribution in [1.82, 2.24) is 0 Å². The molecule has 2 N–H and O–H groups in total. The highest BCUT2D eigenvalue weighted by Gasteiger charge is 2.67. The molecule has 5 nitrogen and oxygen atoms in total. The van der Waals surface area contributed by atoms with E-state index >= 15 is 0 Å². The molecule has 0 aromatic heterocycles. The molecule has 4 aliphatic carbocycles. The molecule has 0 aliphatic heterocycles. The van der Waals surface area contributed by atoms with Crippen LogP contribution in [-0.2, 0) is 14.4 Å². The van der Waals surface area contributed by atoms with Crippen LogP contribution in [0.4, 0.5) is 0 Å². The van der Waals surface area contributed by atoms with Crippen molar-refractivity contribution < 1.29 is 24.6 Å². The highest BCUT2D eigenvalue weighted by molar-refractivity contribution is 6.11. The molecular formula is C30H44O5. The SMILES string of the molecule is C/C(=C/CC[C@H](C)[C@@H]1CC[C@]2(C)C3=C(C(=O)C[C@@]12C)[C@@]1(C)CC[C@@H](O)C(C)(C)[C@@H]1CC3=O)C(=O)O. The van der Waals surface area contributed by atoms with Gasteiger partial charge in [0, 0.05) is 40.4 Å². The zero-order valence-electron chi connectivity index (χ0n) is 22.7. The van der Waals surface area contributed by atoms with Crippen molar-refractivity contribution >= 4 is 17.5 Å². The van der Waals surface area contributed by atoms with Gasteiger partial charge in [-0.15, -0.1) is 0 Å². The first-order valence-corrected chi connectivity index (χ1v) is 13.5. The van der Waals surface area contributed by atoms with Crippen LogP contribution in [0.3, 0.4) is 0 Å². The van der Waals surface area contributed by atoms with Crippen LogP contribution in [0.15, 0.2) is 22.8 Å². The van der Waals surface area contributed by atoms with E-state index in [2.05, 4.69) is 41.5 Å². The molecule has 4 aliphatic rings. The lowest BCUT2D eigenvalue weighted by Gasteiger charge is -2.60. The van der Waals surface area contributed by atoms with Gasteiger partial charge in [-0.25, -0.2) is 4.79 Å². The van der Waals surface area contributed by atoms with E-state index in [0.717, 1.165) is 36.8 Å². The number of aliphatic hydroxyl groups excluding tert-OH is 1. The van der Waals surface area contributed by atoms with Crippen LogP contribution in [0.5, 0.6) is 0 Å². The lowest BCUT2D eigenvalue weighted by atomic mass is 9.43. The van der Waals surface area contributed by atoms with Gasteiger partial charge in [-0.05, 0) is 74.0 Å². The van der Waals surface area contributed by atoms with Gasteiger partial charge in [0.25, 0.3) is 0 Å². The largest absolute Gasteiger partial charge is 0.478 e. The van der Waals surface area contributed by atoms with E-state index in [-0.39, 0.29) is 33.7 Å². The van der Waals surface area contributed by atoms with Gasteiger partial charge in [-0.3, -0.25) is 9.59 Å². The highest BCUT2D eigenvalue weighted by atomic mass is 16.4. The van der Waals surface area contributed by atoms with Crippen molar-refractivity contribution in [2.75, 3.05) is 0 Å². The van der Waals surface area contributed by atoms with Crippen molar-refractivity contribution in [2.45, 2.75) is 106 Å². The van der Waals surface area contributed by atoms with E-state index in [4.69, 9.17) is 5.11 Å². The summed E-state index contributed by atoms with van der Waals surface area (Å²) in [5, 5.41) is 19.9. The Labute approximate surface area is 210 Å². The minimum atomic E-state index is -0.878. The third-order valence-corrected chi connectivity index (χ3v) is 11.4. The Kier molecular flexibility index (Phi) is 6.31. The van der Waals surface area contributed by atoms with Gasteiger partial charge in [0.2, 0.25) is 0 Å². The average Bonchev–Trinajstić information content (AvgIpc) is 3.03. The number of aliphatic hydroxyl groups is 1. The molecule has 35 heavy (non-hydrogen) atoms. The summed E-state index contributed by atoms with van der Waals surface area (Å²) in [6, 6.07) is 0. The number of hydrogen-bond acceptors (Lipinski definition) is 4. The van der Waals surface area contributed by atoms with Crippen LogP contribution in [0.25, 0.3) is 0 Å². The second-order valence-electron chi connectivity index (χ2n) is 13.5. The van der Waals surface area contributed by atoms with Crippen LogP contribution < -0.4 is 0 Å². The van der Waals surface area contributed by atoms with Crippen molar-refractivity contribution in [1.29, 1.82) is 0 Å². The fourth-order valence-electron chi connectivity index (χ4n) is 8.96. The number of carboxylic acids is 1. The monoisotopic (exact) mass is 484 g/mol. The first-order valence-electron chi connectivity index (χ1n) is 13.5. The van der Waals surface area contributed by atoms with Gasteiger partial charge in [-0.1, -0.05) is 47.6 Å². The van der Waals surface area contributed by atoms with Gasteiger partial charge in [0.15, 0.2) is 11.6 Å². The minimum absolute atomic E-state index is 0.0257. The first kappa shape index (κ1) is 26.3. The van der Waals surface area contributed by atoms with Crippen LogP contribution in [-0.4, -0.2) is 33.9 Å². The number of allylic oxidation sites excluding steroid dienone is 3. The summed E-state index contributed by atoms with van der Waals surface area (Å²) in [4.78, 5) is 39.0. The molecule has 194 valence electrons. The molecule has 0 aromatic carbocycles.